The molecule has 0 unspecified atom stereocenters. The van der Waals surface area contributed by atoms with Crippen molar-refractivity contribution in [2.75, 3.05) is 36.0 Å². The molecule has 0 spiro atoms. The lowest BCUT2D eigenvalue weighted by Crippen LogP contribution is -2.34. The Morgan fingerprint density at radius 2 is 0.650 bits per heavy atom. The lowest BCUT2D eigenvalue weighted by atomic mass is 10.1. The Hall–Kier alpha value is -3.85. The van der Waals surface area contributed by atoms with Gasteiger partial charge in [-0.05, 0) is 61.1 Å². The number of rotatable bonds is 34. The molecule has 0 heterocycles. The molecule has 0 aliphatic heterocycles. The summed E-state index contributed by atoms with van der Waals surface area (Å²) < 4.78 is 0. The second-order valence-corrected chi connectivity index (χ2v) is 17.2. The van der Waals surface area contributed by atoms with Crippen LogP contribution in [0.15, 0.2) is 89.7 Å². The fraction of sp³-hybridized carbons (Fsp3) is 0.561. The third-order valence-electron chi connectivity index (χ3n) is 12.0. The summed E-state index contributed by atoms with van der Waals surface area (Å²) in [5.74, 6) is 0. The summed E-state index contributed by atoms with van der Waals surface area (Å²) in [5, 5.41) is 1.38. The van der Waals surface area contributed by atoms with Gasteiger partial charge < -0.3 is 9.80 Å². The van der Waals surface area contributed by atoms with Gasteiger partial charge in [0.2, 0.25) is 0 Å². The first-order chi connectivity index (χ1) is 29.6. The van der Waals surface area contributed by atoms with Crippen molar-refractivity contribution in [2.45, 2.75) is 182 Å². The van der Waals surface area contributed by atoms with Crippen LogP contribution in [-0.2, 0) is 0 Å². The number of hydrogen-bond donors (Lipinski definition) is 0. The normalized spacial score (nSPS) is 12.3. The summed E-state index contributed by atoms with van der Waals surface area (Å²) in [6.07, 6.45) is 44.0. The van der Waals surface area contributed by atoms with Gasteiger partial charge in [-0.1, -0.05) is 241 Å². The zero-order valence-electron chi connectivity index (χ0n) is 39.0. The highest BCUT2D eigenvalue weighted by Gasteiger charge is 2.08. The minimum atomic E-state index is 0.0417. The number of anilines is 2. The van der Waals surface area contributed by atoms with Crippen LogP contribution >= 0.6 is 0 Å². The van der Waals surface area contributed by atoms with E-state index in [2.05, 4.69) is 98.2 Å². The Labute approximate surface area is 368 Å². The Morgan fingerprint density at radius 1 is 0.367 bits per heavy atom. The first kappa shape index (κ1) is 50.5. The summed E-state index contributed by atoms with van der Waals surface area (Å²) in [5.41, 5.74) is 4.99. The van der Waals surface area contributed by atoms with Gasteiger partial charge in [-0.2, -0.15) is 0 Å². The summed E-state index contributed by atoms with van der Waals surface area (Å²) in [6.45, 7) is 13.7. The summed E-state index contributed by atoms with van der Waals surface area (Å²) >= 11 is 0. The fourth-order valence-electron chi connectivity index (χ4n) is 8.09. The quantitative estimate of drug-likeness (QED) is 0.0561. The molecule has 0 saturated carbocycles. The first-order valence-corrected chi connectivity index (χ1v) is 25.0. The molecule has 0 amide bonds. The zero-order valence-corrected chi connectivity index (χ0v) is 39.0. The van der Waals surface area contributed by atoms with Gasteiger partial charge in [-0.3, -0.25) is 4.79 Å². The van der Waals surface area contributed by atoms with Crippen molar-refractivity contribution < 1.29 is 0 Å². The number of unbranched alkanes of at least 4 members (excludes halogenated alkanes) is 20. The number of nitrogens with zero attached hydrogens (tertiary/aromatic N) is 2. The molecule has 3 aromatic carbocycles. The van der Waals surface area contributed by atoms with Gasteiger partial charge in [0, 0.05) is 48.0 Å². The van der Waals surface area contributed by atoms with Crippen LogP contribution in [0.25, 0.3) is 24.3 Å². The Kier molecular flexibility index (Phi) is 28.5. The van der Waals surface area contributed by atoms with E-state index in [1.165, 1.54) is 165 Å². The average molecular weight is 815 g/mol. The third-order valence-corrected chi connectivity index (χ3v) is 12.0. The molecule has 60 heavy (non-hydrogen) atoms. The molecule has 330 valence electrons. The smallest absolute Gasteiger partial charge is 0.193 e. The minimum absolute atomic E-state index is 0.0417. The molecule has 3 rings (SSSR count). The van der Waals surface area contributed by atoms with Gasteiger partial charge in [0.25, 0.3) is 0 Å². The molecule has 0 bridgehead atoms. The molecular weight excluding hydrogens is 729 g/mol. The van der Waals surface area contributed by atoms with Crippen molar-refractivity contribution in [3.8, 4) is 0 Å². The average Bonchev–Trinajstić information content (AvgIpc) is 3.44. The number of hydrogen-bond acceptors (Lipinski definition) is 3. The maximum Gasteiger partial charge on any atom is 0.193 e. The lowest BCUT2D eigenvalue weighted by Gasteiger charge is -2.25. The zero-order chi connectivity index (χ0) is 42.7. The van der Waals surface area contributed by atoms with Crippen LogP contribution < -0.4 is 25.7 Å². The van der Waals surface area contributed by atoms with E-state index in [0.717, 1.165) is 37.3 Å². The van der Waals surface area contributed by atoms with Gasteiger partial charge in [0.05, 0.1) is 0 Å². The van der Waals surface area contributed by atoms with E-state index in [4.69, 9.17) is 0 Å². The molecule has 0 fully saturated rings. The molecule has 0 aromatic heterocycles. The van der Waals surface area contributed by atoms with E-state index >= 15 is 0 Å². The molecular formula is C57H86N2O. The van der Waals surface area contributed by atoms with Gasteiger partial charge in [-0.15, -0.1) is 0 Å². The number of allylic oxidation sites excluding steroid dienone is 2. The second-order valence-electron chi connectivity index (χ2n) is 17.2. The topological polar surface area (TPSA) is 23.6 Å². The molecule has 0 N–H and O–H groups in total. The van der Waals surface area contributed by atoms with Gasteiger partial charge in [0.15, 0.2) is 5.43 Å². The molecule has 0 atom stereocenters. The van der Waals surface area contributed by atoms with Crippen molar-refractivity contribution in [1.82, 2.24) is 0 Å². The van der Waals surface area contributed by atoms with Crippen molar-refractivity contribution in [2.24, 2.45) is 0 Å². The molecule has 0 aliphatic carbocycles. The molecule has 0 saturated heterocycles. The predicted molar refractivity (Wildman–Crippen MR) is 270 cm³/mol. The van der Waals surface area contributed by atoms with Crippen LogP contribution in [0.4, 0.5) is 11.4 Å². The highest BCUT2D eigenvalue weighted by Crippen LogP contribution is 2.21. The van der Waals surface area contributed by atoms with Crippen LogP contribution in [0.2, 0.25) is 0 Å². The molecule has 0 aliphatic rings. The highest BCUT2D eigenvalue weighted by atomic mass is 16.1. The molecule has 3 aromatic rings. The van der Waals surface area contributed by atoms with Gasteiger partial charge in [-0.25, -0.2) is 0 Å². The van der Waals surface area contributed by atoms with E-state index in [1.54, 1.807) is 0 Å². The molecule has 3 heteroatoms. The maximum atomic E-state index is 13.6. The molecule has 0 radical (unpaired) electrons. The Balaban J connectivity index is 1.65. The summed E-state index contributed by atoms with van der Waals surface area (Å²) in [6, 6.07) is 25.8. The minimum Gasteiger partial charge on any atom is -0.372 e. The Bertz CT molecular complexity index is 1580. The van der Waals surface area contributed by atoms with Crippen molar-refractivity contribution in [3.63, 3.8) is 0 Å². The van der Waals surface area contributed by atoms with Crippen molar-refractivity contribution >= 4 is 35.7 Å². The Morgan fingerprint density at radius 3 is 0.950 bits per heavy atom. The third kappa shape index (κ3) is 22.1. The van der Waals surface area contributed by atoms with Crippen LogP contribution in [0, 0.1) is 0 Å². The SMILES string of the molecule is CCCCCCCCN(CCCCCCCC)c1ccc(/C=C/C=c2/cccc/c(=C/C=C/c3ccc(N(CCCCCCCC)CCCCCCCC)cc3)c2=O)cc1. The van der Waals surface area contributed by atoms with E-state index < -0.39 is 0 Å². The predicted octanol–water partition coefficient (Wildman–Crippen LogP) is 15.1. The largest absolute Gasteiger partial charge is 0.372 e. The van der Waals surface area contributed by atoms with Crippen molar-refractivity contribution in [3.05, 3.63) is 117 Å². The van der Waals surface area contributed by atoms with Crippen LogP contribution in [0.1, 0.15) is 193 Å². The lowest BCUT2D eigenvalue weighted by molar-refractivity contribution is 0.575. The second kappa shape index (κ2) is 33.8. The van der Waals surface area contributed by atoms with E-state index in [-0.39, 0.29) is 5.43 Å². The monoisotopic (exact) mass is 815 g/mol. The van der Waals surface area contributed by atoms with E-state index in [0.29, 0.717) is 10.4 Å². The standard InChI is InChI=1S/C57H86N2O/c1-5-9-13-17-21-27-47-58(48-28-22-18-14-10-6-2)55-43-39-51(40-44-55)33-31-37-53-35-25-26-36-54(57(53)60)38-32-34-52-41-45-56(46-42-52)59(49-29-23-19-15-11-7-3)50-30-24-20-16-12-8-4/h25-26,31-46H,5-24,27-30,47-50H2,1-4H3/b33-31+,34-32+,53-37-,54-38-. The van der Waals surface area contributed by atoms with Gasteiger partial charge in [0.1, 0.15) is 0 Å². The van der Waals surface area contributed by atoms with E-state index in [9.17, 15) is 4.79 Å². The van der Waals surface area contributed by atoms with Crippen LogP contribution in [0.5, 0.6) is 0 Å². The number of benzene rings is 2. The van der Waals surface area contributed by atoms with Crippen LogP contribution in [0.3, 0.4) is 0 Å². The van der Waals surface area contributed by atoms with Crippen LogP contribution in [-0.4, -0.2) is 26.2 Å². The maximum absolute atomic E-state index is 13.6. The first-order valence-electron chi connectivity index (χ1n) is 25.0. The highest BCUT2D eigenvalue weighted by molar-refractivity contribution is 5.62. The molecule has 3 nitrogen and oxygen atoms in total. The fourth-order valence-corrected chi connectivity index (χ4v) is 8.09. The summed E-state index contributed by atoms with van der Waals surface area (Å²) in [4.78, 5) is 18.8. The van der Waals surface area contributed by atoms with Gasteiger partial charge >= 0.3 is 0 Å². The van der Waals surface area contributed by atoms with Crippen molar-refractivity contribution in [1.29, 1.82) is 0 Å². The summed E-state index contributed by atoms with van der Waals surface area (Å²) in [7, 11) is 0. The van der Waals surface area contributed by atoms with E-state index in [1.807, 2.05) is 48.6 Å².